The first-order valence-electron chi connectivity index (χ1n) is 11.3. The smallest absolute Gasteiger partial charge is 0.658 e. The summed E-state index contributed by atoms with van der Waals surface area (Å²) >= 11 is 0. The fourth-order valence-electron chi connectivity index (χ4n) is 2.50. The first-order valence-corrected chi connectivity index (χ1v) is 11.3. The van der Waals surface area contributed by atoms with Crippen molar-refractivity contribution in [1.82, 2.24) is 0 Å². The molecule has 0 atom stereocenters. The summed E-state index contributed by atoms with van der Waals surface area (Å²) in [6.07, 6.45) is 10.7. The molecule has 1 aromatic rings. The van der Waals surface area contributed by atoms with Crippen LogP contribution in [0.1, 0.15) is 99.0 Å². The van der Waals surface area contributed by atoms with Gasteiger partial charge in [-0.15, -0.1) is 12.1 Å². The minimum Gasteiger partial charge on any atom is -0.658 e. The molecule has 2 nitrogen and oxygen atoms in total. The number of unbranched alkanes of at least 4 members (excludes halogenated alkanes) is 4. The molecular weight excluding hydrogens is 337 g/mol. The molecule has 0 amide bonds. The Bertz CT molecular complexity index is 346. The molecule has 0 radical (unpaired) electrons. The van der Waals surface area contributed by atoms with Gasteiger partial charge in [0, 0.05) is 13.2 Å². The van der Waals surface area contributed by atoms with Crippen molar-refractivity contribution < 1.29 is 23.6 Å². The van der Waals surface area contributed by atoms with Crippen LogP contribution in [0.25, 0.3) is 5.32 Å². The Kier molecular flexibility index (Phi) is 30.9. The number of aryl methyl sites for hydroxylation is 1. The molecular formula is C25H48LiNO. The summed E-state index contributed by atoms with van der Waals surface area (Å²) in [5.74, 6) is 0. The molecule has 3 heteroatoms. The van der Waals surface area contributed by atoms with Crippen molar-refractivity contribution in [3.05, 3.63) is 41.2 Å². The van der Waals surface area contributed by atoms with Crippen molar-refractivity contribution in [3.63, 3.8) is 0 Å². The van der Waals surface area contributed by atoms with E-state index in [1.807, 2.05) is 6.07 Å². The van der Waals surface area contributed by atoms with Crippen molar-refractivity contribution >= 4 is 0 Å². The molecule has 1 heterocycles. The first kappa shape index (κ1) is 32.4. The second kappa shape index (κ2) is 26.7. The standard InChI is InChI=1S/C8H10.C7H16.C6H14N.C4H8O.Li/c1-2-8-6-4-3-5-7-8;1-3-5-7-6-4-2;1-5(2)7-6(3)4;1-2-4-5-3-1;/h3-7H,2H2,1H3;3-7H2,1-2H3;5-6H,1-4H3;1-4H2;/q;;-1;;+1. The predicted octanol–water partition coefficient (Wildman–Crippen LogP) is 5.20. The van der Waals surface area contributed by atoms with Gasteiger partial charge in [0.05, 0.1) is 0 Å². The minimum absolute atomic E-state index is 0. The third-order valence-corrected chi connectivity index (χ3v) is 3.88. The van der Waals surface area contributed by atoms with E-state index in [2.05, 4.69) is 78.0 Å². The summed E-state index contributed by atoms with van der Waals surface area (Å²) in [6, 6.07) is 11.5. The number of benzene rings is 1. The molecule has 2 rings (SSSR count). The maximum Gasteiger partial charge on any atom is 1.00 e. The Morgan fingerprint density at radius 1 is 0.786 bits per heavy atom. The fourth-order valence-corrected chi connectivity index (χ4v) is 2.50. The molecule has 1 fully saturated rings. The Balaban J connectivity index is -0.000000297. The topological polar surface area (TPSA) is 23.3 Å². The van der Waals surface area contributed by atoms with Gasteiger partial charge < -0.3 is 10.1 Å². The van der Waals surface area contributed by atoms with E-state index in [4.69, 9.17) is 4.74 Å². The summed E-state index contributed by atoms with van der Waals surface area (Å²) in [5, 5.41) is 4.28. The van der Waals surface area contributed by atoms with Gasteiger partial charge in [0.2, 0.25) is 0 Å². The fraction of sp³-hybridized carbons (Fsp3) is 0.760. The maximum atomic E-state index is 4.94. The Morgan fingerprint density at radius 2 is 1.25 bits per heavy atom. The Labute approximate surface area is 189 Å². The second-order valence-electron chi connectivity index (χ2n) is 7.56. The molecule has 1 saturated heterocycles. The van der Waals surface area contributed by atoms with Crippen molar-refractivity contribution in [2.75, 3.05) is 13.2 Å². The normalized spacial score (nSPS) is 12.0. The van der Waals surface area contributed by atoms with Crippen LogP contribution < -0.4 is 18.9 Å². The van der Waals surface area contributed by atoms with Crippen LogP contribution >= 0.6 is 0 Å². The van der Waals surface area contributed by atoms with Gasteiger partial charge in [-0.3, -0.25) is 0 Å². The third-order valence-electron chi connectivity index (χ3n) is 3.88. The molecule has 0 bridgehead atoms. The van der Waals surface area contributed by atoms with Crippen LogP contribution in [0.2, 0.25) is 0 Å². The summed E-state index contributed by atoms with van der Waals surface area (Å²) in [6.45, 7) is 17.0. The van der Waals surface area contributed by atoms with E-state index in [9.17, 15) is 0 Å². The molecule has 0 spiro atoms. The van der Waals surface area contributed by atoms with Gasteiger partial charge in [-0.25, -0.2) is 0 Å². The molecule has 28 heavy (non-hydrogen) atoms. The molecule has 160 valence electrons. The zero-order chi connectivity index (χ0) is 20.8. The van der Waals surface area contributed by atoms with Crippen LogP contribution in [0.15, 0.2) is 30.3 Å². The molecule has 0 aromatic heterocycles. The van der Waals surface area contributed by atoms with E-state index in [0.29, 0.717) is 12.1 Å². The zero-order valence-corrected chi connectivity index (χ0v) is 20.5. The Morgan fingerprint density at radius 3 is 1.46 bits per heavy atom. The van der Waals surface area contributed by atoms with Crippen molar-refractivity contribution in [3.8, 4) is 0 Å². The second-order valence-corrected chi connectivity index (χ2v) is 7.56. The molecule has 1 aliphatic heterocycles. The minimum atomic E-state index is 0. The largest absolute Gasteiger partial charge is 1.00 e. The van der Waals surface area contributed by atoms with Gasteiger partial charge in [-0.05, 0) is 24.8 Å². The van der Waals surface area contributed by atoms with Crippen molar-refractivity contribution in [1.29, 1.82) is 0 Å². The van der Waals surface area contributed by atoms with Gasteiger partial charge in [0.15, 0.2) is 0 Å². The molecule has 1 aromatic carbocycles. The summed E-state index contributed by atoms with van der Waals surface area (Å²) in [4.78, 5) is 0. The van der Waals surface area contributed by atoms with Crippen LogP contribution in [0.4, 0.5) is 0 Å². The van der Waals surface area contributed by atoms with E-state index in [1.54, 1.807) is 0 Å². The quantitative estimate of drug-likeness (QED) is 0.467. The first-order chi connectivity index (χ1) is 13.0. The number of hydrogen-bond acceptors (Lipinski definition) is 1. The molecule has 1 aliphatic rings. The summed E-state index contributed by atoms with van der Waals surface area (Å²) in [5.41, 5.74) is 1.41. The molecule has 0 saturated carbocycles. The number of nitrogens with zero attached hydrogens (tertiary/aromatic N) is 1. The van der Waals surface area contributed by atoms with Crippen LogP contribution in [0.5, 0.6) is 0 Å². The average molecular weight is 386 g/mol. The van der Waals surface area contributed by atoms with E-state index in [-0.39, 0.29) is 18.9 Å². The van der Waals surface area contributed by atoms with Crippen LogP contribution in [-0.2, 0) is 11.2 Å². The number of ether oxygens (including phenoxy) is 1. The SMILES string of the molecule is C1CCOC1.CC(C)[N-]C(C)C.CCCCCCC.CCc1ccccc1.[Li+]. The zero-order valence-electron chi connectivity index (χ0n) is 20.5. The van der Waals surface area contributed by atoms with E-state index in [0.717, 1.165) is 19.6 Å². The summed E-state index contributed by atoms with van der Waals surface area (Å²) < 4.78 is 4.94. The van der Waals surface area contributed by atoms with Crippen molar-refractivity contribution in [2.45, 2.75) is 112 Å². The monoisotopic (exact) mass is 385 g/mol. The van der Waals surface area contributed by atoms with E-state index < -0.39 is 0 Å². The van der Waals surface area contributed by atoms with Crippen LogP contribution in [-0.4, -0.2) is 25.3 Å². The van der Waals surface area contributed by atoms with Crippen LogP contribution in [0, 0.1) is 0 Å². The maximum absolute atomic E-state index is 4.94. The average Bonchev–Trinajstić information content (AvgIpc) is 3.23. The van der Waals surface area contributed by atoms with E-state index >= 15 is 0 Å². The predicted molar refractivity (Wildman–Crippen MR) is 124 cm³/mol. The number of hydrogen-bond donors (Lipinski definition) is 0. The van der Waals surface area contributed by atoms with Gasteiger partial charge in [-0.1, -0.05) is 111 Å². The summed E-state index contributed by atoms with van der Waals surface area (Å²) in [7, 11) is 0. The van der Waals surface area contributed by atoms with E-state index in [1.165, 1.54) is 50.5 Å². The molecule has 0 N–H and O–H groups in total. The number of rotatable bonds is 7. The molecule has 0 aliphatic carbocycles. The Hall–Kier alpha value is -0.263. The van der Waals surface area contributed by atoms with Gasteiger partial charge >= 0.3 is 18.9 Å². The van der Waals surface area contributed by atoms with Gasteiger partial charge in [0.1, 0.15) is 0 Å². The van der Waals surface area contributed by atoms with Crippen LogP contribution in [0.3, 0.4) is 0 Å². The molecule has 0 unspecified atom stereocenters. The van der Waals surface area contributed by atoms with Crippen molar-refractivity contribution in [2.24, 2.45) is 0 Å². The third kappa shape index (κ3) is 30.5. The van der Waals surface area contributed by atoms with Gasteiger partial charge in [-0.2, -0.15) is 0 Å². The van der Waals surface area contributed by atoms with Gasteiger partial charge in [0.25, 0.3) is 0 Å².